The van der Waals surface area contributed by atoms with Crippen molar-refractivity contribution in [2.24, 2.45) is 0 Å². The Morgan fingerprint density at radius 3 is 2.33 bits per heavy atom. The summed E-state index contributed by atoms with van der Waals surface area (Å²) in [6.45, 7) is 3.78. The molecule has 0 fully saturated rings. The summed E-state index contributed by atoms with van der Waals surface area (Å²) < 4.78 is 33.4. The Bertz CT molecular complexity index is 907. The van der Waals surface area contributed by atoms with Gasteiger partial charge in [-0.2, -0.15) is 0 Å². The Morgan fingerprint density at radius 1 is 1.17 bits per heavy atom. The lowest BCUT2D eigenvalue weighted by atomic mass is 9.88. The third-order valence-electron chi connectivity index (χ3n) is 4.67. The number of halogens is 2. The maximum Gasteiger partial charge on any atom is 0.305 e. The number of carboxylic acid groups (broad SMARTS) is 1. The molecule has 5 nitrogen and oxygen atoms in total. The summed E-state index contributed by atoms with van der Waals surface area (Å²) in [4.78, 5) is 10.7. The van der Waals surface area contributed by atoms with E-state index in [4.69, 9.17) is 9.84 Å². The number of aliphatic hydroxyl groups excluding tert-OH is 2. The summed E-state index contributed by atoms with van der Waals surface area (Å²) in [6, 6.07) is 6.92. The lowest BCUT2D eigenvalue weighted by Gasteiger charge is -2.20. The highest BCUT2D eigenvalue weighted by atomic mass is 19.1. The van der Waals surface area contributed by atoms with Crippen molar-refractivity contribution in [2.75, 3.05) is 7.11 Å². The van der Waals surface area contributed by atoms with E-state index in [2.05, 4.69) is 0 Å². The maximum absolute atomic E-state index is 14.7. The van der Waals surface area contributed by atoms with Crippen LogP contribution in [0.15, 0.2) is 36.4 Å². The second-order valence-electron chi connectivity index (χ2n) is 7.34. The summed E-state index contributed by atoms with van der Waals surface area (Å²) in [5, 5.41) is 28.7. The zero-order valence-electron chi connectivity index (χ0n) is 17.1. The number of rotatable bonds is 9. The van der Waals surface area contributed by atoms with Crippen LogP contribution in [0.25, 0.3) is 17.2 Å². The number of hydrogen-bond donors (Lipinski definition) is 3. The van der Waals surface area contributed by atoms with Crippen LogP contribution in [0, 0.1) is 11.6 Å². The quantitative estimate of drug-likeness (QED) is 0.561. The van der Waals surface area contributed by atoms with Gasteiger partial charge in [-0.05, 0) is 40.8 Å². The molecule has 30 heavy (non-hydrogen) atoms. The monoisotopic (exact) mass is 420 g/mol. The molecule has 0 aliphatic carbocycles. The zero-order chi connectivity index (χ0) is 22.4. The lowest BCUT2D eigenvalue weighted by Crippen LogP contribution is -2.19. The van der Waals surface area contributed by atoms with E-state index in [9.17, 15) is 23.8 Å². The van der Waals surface area contributed by atoms with Gasteiger partial charge in [0, 0.05) is 12.0 Å². The molecule has 162 valence electrons. The van der Waals surface area contributed by atoms with Crippen LogP contribution < -0.4 is 4.74 Å². The van der Waals surface area contributed by atoms with Crippen LogP contribution >= 0.6 is 0 Å². The van der Waals surface area contributed by atoms with E-state index in [1.165, 1.54) is 43.5 Å². The minimum absolute atomic E-state index is 0.00828. The lowest BCUT2D eigenvalue weighted by molar-refractivity contribution is -0.139. The summed E-state index contributed by atoms with van der Waals surface area (Å²) in [5.41, 5.74) is 2.19. The van der Waals surface area contributed by atoms with Gasteiger partial charge < -0.3 is 20.1 Å². The molecule has 2 aromatic carbocycles. The van der Waals surface area contributed by atoms with Crippen molar-refractivity contribution < 1.29 is 33.6 Å². The molecular weight excluding hydrogens is 394 g/mol. The predicted molar refractivity (Wildman–Crippen MR) is 110 cm³/mol. The molecule has 0 aliphatic rings. The number of carboxylic acids is 1. The fourth-order valence-corrected chi connectivity index (χ4v) is 3.28. The molecule has 0 aromatic heterocycles. The predicted octanol–water partition coefficient (Wildman–Crippen LogP) is 4.36. The minimum Gasteiger partial charge on any atom is -0.493 e. The van der Waals surface area contributed by atoms with Crippen LogP contribution in [-0.4, -0.2) is 40.6 Å². The highest BCUT2D eigenvalue weighted by Gasteiger charge is 2.21. The molecular formula is C23H26F2O5. The van der Waals surface area contributed by atoms with E-state index < -0.39 is 36.2 Å². The van der Waals surface area contributed by atoms with Crippen molar-refractivity contribution in [3.05, 3.63) is 59.2 Å². The van der Waals surface area contributed by atoms with Crippen molar-refractivity contribution in [3.8, 4) is 16.9 Å². The second-order valence-corrected chi connectivity index (χ2v) is 7.34. The number of ether oxygens (including phenoxy) is 1. The van der Waals surface area contributed by atoms with Crippen LogP contribution in [0.5, 0.6) is 5.75 Å². The zero-order valence-corrected chi connectivity index (χ0v) is 17.1. The van der Waals surface area contributed by atoms with Crippen molar-refractivity contribution in [2.45, 2.75) is 44.8 Å². The molecule has 2 rings (SSSR count). The van der Waals surface area contributed by atoms with E-state index in [0.717, 1.165) is 0 Å². The fraction of sp³-hybridized carbons (Fsp3) is 0.348. The van der Waals surface area contributed by atoms with Crippen molar-refractivity contribution in [1.82, 2.24) is 0 Å². The smallest absolute Gasteiger partial charge is 0.305 e. The Morgan fingerprint density at radius 2 is 1.80 bits per heavy atom. The first-order valence-corrected chi connectivity index (χ1v) is 9.56. The number of carbonyl (C=O) groups is 1. The van der Waals surface area contributed by atoms with Gasteiger partial charge in [0.05, 0.1) is 25.7 Å². The average Bonchev–Trinajstić information content (AvgIpc) is 2.66. The summed E-state index contributed by atoms with van der Waals surface area (Å²) in [6.07, 6.45) is 0.0461. The Labute approximate surface area is 174 Å². The molecule has 0 amide bonds. The van der Waals surface area contributed by atoms with Gasteiger partial charge in [-0.15, -0.1) is 0 Å². The third kappa shape index (κ3) is 5.87. The number of hydrogen-bond acceptors (Lipinski definition) is 4. The third-order valence-corrected chi connectivity index (χ3v) is 4.67. The highest BCUT2D eigenvalue weighted by Crippen LogP contribution is 2.40. The number of benzene rings is 2. The molecule has 2 unspecified atom stereocenters. The molecule has 3 N–H and O–H groups in total. The van der Waals surface area contributed by atoms with E-state index in [1.807, 2.05) is 13.8 Å². The van der Waals surface area contributed by atoms with Crippen molar-refractivity contribution >= 4 is 12.0 Å². The highest BCUT2D eigenvalue weighted by molar-refractivity contribution is 5.83. The second kappa shape index (κ2) is 10.3. The summed E-state index contributed by atoms with van der Waals surface area (Å²) >= 11 is 0. The van der Waals surface area contributed by atoms with Gasteiger partial charge in [0.15, 0.2) is 11.6 Å². The van der Waals surface area contributed by atoms with Gasteiger partial charge in [0.2, 0.25) is 0 Å². The van der Waals surface area contributed by atoms with Crippen LogP contribution in [0.3, 0.4) is 0 Å². The maximum atomic E-state index is 14.7. The normalized spacial score (nSPS) is 13.6. The molecule has 2 aromatic rings. The number of aliphatic hydroxyl groups is 2. The number of methoxy groups -OCH3 is 1. The summed E-state index contributed by atoms with van der Waals surface area (Å²) in [7, 11) is 1.34. The SMILES string of the molecule is COc1c(F)cc(C(C)C)c(C=CC(O)CC(O)CC(=O)O)c1-c1ccc(F)cc1. The minimum atomic E-state index is -1.20. The standard InChI is InChI=1S/C23H26F2O5/c1-13(2)19-12-20(25)23(30-3)22(14-4-6-15(24)7-5-14)18(19)9-8-16(26)10-17(27)11-21(28)29/h4-9,12-13,16-17,26-27H,10-11H2,1-3H3,(H,28,29). The molecule has 0 bridgehead atoms. The van der Waals surface area contributed by atoms with Crippen LogP contribution in [0.4, 0.5) is 8.78 Å². The summed E-state index contributed by atoms with van der Waals surface area (Å²) in [5.74, 6) is -2.24. The molecule has 0 radical (unpaired) electrons. The van der Waals surface area contributed by atoms with Gasteiger partial charge in [0.1, 0.15) is 5.82 Å². The van der Waals surface area contributed by atoms with Gasteiger partial charge in [0.25, 0.3) is 0 Å². The van der Waals surface area contributed by atoms with Crippen LogP contribution in [-0.2, 0) is 4.79 Å². The fourth-order valence-electron chi connectivity index (χ4n) is 3.28. The first-order chi connectivity index (χ1) is 14.1. The molecule has 0 aliphatic heterocycles. The molecule has 0 saturated carbocycles. The van der Waals surface area contributed by atoms with E-state index in [0.29, 0.717) is 22.3 Å². The van der Waals surface area contributed by atoms with Crippen molar-refractivity contribution in [1.29, 1.82) is 0 Å². The van der Waals surface area contributed by atoms with Crippen molar-refractivity contribution in [3.63, 3.8) is 0 Å². The van der Waals surface area contributed by atoms with Gasteiger partial charge in [-0.3, -0.25) is 4.79 Å². The van der Waals surface area contributed by atoms with Gasteiger partial charge >= 0.3 is 5.97 Å². The van der Waals surface area contributed by atoms with E-state index >= 15 is 0 Å². The van der Waals surface area contributed by atoms with Gasteiger partial charge in [-0.25, -0.2) is 8.78 Å². The van der Waals surface area contributed by atoms with Crippen LogP contribution in [0.2, 0.25) is 0 Å². The number of aliphatic carboxylic acids is 1. The molecule has 0 saturated heterocycles. The largest absolute Gasteiger partial charge is 0.493 e. The molecule has 0 spiro atoms. The van der Waals surface area contributed by atoms with Crippen LogP contribution in [0.1, 0.15) is 43.7 Å². The Kier molecular flexibility index (Phi) is 8.08. The topological polar surface area (TPSA) is 87.0 Å². The molecule has 0 heterocycles. The van der Waals surface area contributed by atoms with Gasteiger partial charge in [-0.1, -0.05) is 38.1 Å². The Hall–Kier alpha value is -2.77. The average molecular weight is 420 g/mol. The Balaban J connectivity index is 2.55. The van der Waals surface area contributed by atoms with E-state index in [1.54, 1.807) is 6.08 Å². The molecule has 7 heteroatoms. The first-order valence-electron chi connectivity index (χ1n) is 9.56. The van der Waals surface area contributed by atoms with E-state index in [-0.39, 0.29) is 18.1 Å². The first kappa shape index (κ1) is 23.5. The molecule has 2 atom stereocenters.